The van der Waals surface area contributed by atoms with Crippen LogP contribution < -0.4 is 5.32 Å². The second-order valence-electron chi connectivity index (χ2n) is 7.23. The van der Waals surface area contributed by atoms with E-state index in [1.54, 1.807) is 0 Å². The summed E-state index contributed by atoms with van der Waals surface area (Å²) in [4.78, 5) is 0. The molecular weight excluding hydrogens is 222 g/mol. The van der Waals surface area contributed by atoms with Crippen molar-refractivity contribution in [2.75, 3.05) is 13.2 Å². The first-order chi connectivity index (χ1) is 8.66. The summed E-state index contributed by atoms with van der Waals surface area (Å²) >= 11 is 0. The van der Waals surface area contributed by atoms with Crippen molar-refractivity contribution in [3.63, 3.8) is 0 Å². The summed E-state index contributed by atoms with van der Waals surface area (Å²) in [6.45, 7) is 6.92. The smallest absolute Gasteiger partial charge is 0.0685 e. The third-order valence-electron chi connectivity index (χ3n) is 6.01. The second kappa shape index (κ2) is 4.79. The van der Waals surface area contributed by atoms with E-state index >= 15 is 0 Å². The van der Waals surface area contributed by atoms with Crippen LogP contribution in [0.25, 0.3) is 0 Å². The molecule has 0 aromatic carbocycles. The number of ether oxygens (including phenoxy) is 1. The summed E-state index contributed by atoms with van der Waals surface area (Å²) in [6, 6.07) is 0.778. The van der Waals surface area contributed by atoms with E-state index in [2.05, 4.69) is 19.2 Å². The van der Waals surface area contributed by atoms with Gasteiger partial charge < -0.3 is 10.1 Å². The van der Waals surface area contributed by atoms with E-state index in [0.717, 1.165) is 25.1 Å². The van der Waals surface area contributed by atoms with E-state index in [1.807, 2.05) is 0 Å². The molecule has 3 fully saturated rings. The van der Waals surface area contributed by atoms with Crippen molar-refractivity contribution in [1.82, 2.24) is 5.32 Å². The van der Waals surface area contributed by atoms with Gasteiger partial charge in [0.05, 0.1) is 5.60 Å². The third kappa shape index (κ3) is 2.22. The lowest BCUT2D eigenvalue weighted by Crippen LogP contribution is -2.48. The SMILES string of the molecule is CCNC1CCC(C)(C2CCOC3(CCC3)C2)C1. The molecule has 0 radical (unpaired) electrons. The molecule has 3 aliphatic rings. The average molecular weight is 251 g/mol. The zero-order chi connectivity index (χ0) is 12.6. The van der Waals surface area contributed by atoms with Crippen LogP contribution in [0.5, 0.6) is 0 Å². The van der Waals surface area contributed by atoms with Crippen LogP contribution in [0.1, 0.15) is 65.2 Å². The van der Waals surface area contributed by atoms with Gasteiger partial charge in [0.1, 0.15) is 0 Å². The molecule has 1 spiro atoms. The Bertz CT molecular complexity index is 299. The van der Waals surface area contributed by atoms with Gasteiger partial charge in [-0.15, -0.1) is 0 Å². The molecule has 2 aliphatic carbocycles. The average Bonchev–Trinajstić information content (AvgIpc) is 2.71. The van der Waals surface area contributed by atoms with Gasteiger partial charge in [-0.1, -0.05) is 13.8 Å². The fourth-order valence-electron chi connectivity index (χ4n) is 4.65. The molecule has 18 heavy (non-hydrogen) atoms. The Morgan fingerprint density at radius 3 is 2.67 bits per heavy atom. The monoisotopic (exact) mass is 251 g/mol. The molecule has 3 rings (SSSR count). The number of nitrogens with one attached hydrogen (secondary N) is 1. The van der Waals surface area contributed by atoms with Gasteiger partial charge in [0.25, 0.3) is 0 Å². The summed E-state index contributed by atoms with van der Waals surface area (Å²) in [6.07, 6.45) is 10.9. The predicted molar refractivity (Wildman–Crippen MR) is 74.7 cm³/mol. The van der Waals surface area contributed by atoms with Crippen molar-refractivity contribution in [3.05, 3.63) is 0 Å². The highest BCUT2D eigenvalue weighted by atomic mass is 16.5. The van der Waals surface area contributed by atoms with Crippen LogP contribution in [0.4, 0.5) is 0 Å². The number of hydrogen-bond acceptors (Lipinski definition) is 2. The first-order valence-electron chi connectivity index (χ1n) is 8.03. The summed E-state index contributed by atoms with van der Waals surface area (Å²) < 4.78 is 6.09. The molecule has 104 valence electrons. The van der Waals surface area contributed by atoms with Crippen LogP contribution in [0.15, 0.2) is 0 Å². The maximum atomic E-state index is 6.09. The van der Waals surface area contributed by atoms with Crippen LogP contribution in [0, 0.1) is 11.3 Å². The largest absolute Gasteiger partial charge is 0.375 e. The first kappa shape index (κ1) is 12.9. The Morgan fingerprint density at radius 2 is 2.00 bits per heavy atom. The summed E-state index contributed by atoms with van der Waals surface area (Å²) in [5, 5.41) is 3.66. The van der Waals surface area contributed by atoms with Crippen molar-refractivity contribution >= 4 is 0 Å². The topological polar surface area (TPSA) is 21.3 Å². The molecular formula is C16H29NO. The fraction of sp³-hybridized carbons (Fsp3) is 1.00. The predicted octanol–water partition coefficient (Wildman–Crippen LogP) is 3.50. The molecule has 3 unspecified atom stereocenters. The molecule has 1 heterocycles. The summed E-state index contributed by atoms with van der Waals surface area (Å²) in [5.74, 6) is 0.912. The minimum Gasteiger partial charge on any atom is -0.375 e. The Balaban J connectivity index is 1.63. The van der Waals surface area contributed by atoms with E-state index in [0.29, 0.717) is 11.0 Å². The van der Waals surface area contributed by atoms with Gasteiger partial charge in [0, 0.05) is 12.6 Å². The molecule has 1 N–H and O–H groups in total. The number of hydrogen-bond donors (Lipinski definition) is 1. The molecule has 2 heteroatoms. The van der Waals surface area contributed by atoms with Crippen molar-refractivity contribution in [2.24, 2.45) is 11.3 Å². The minimum atomic E-state index is 0.322. The summed E-state index contributed by atoms with van der Waals surface area (Å²) in [5.41, 5.74) is 0.904. The van der Waals surface area contributed by atoms with Crippen LogP contribution in [0.3, 0.4) is 0 Å². The zero-order valence-corrected chi connectivity index (χ0v) is 12.1. The fourth-order valence-corrected chi connectivity index (χ4v) is 4.65. The van der Waals surface area contributed by atoms with Crippen molar-refractivity contribution in [3.8, 4) is 0 Å². The van der Waals surface area contributed by atoms with Crippen LogP contribution >= 0.6 is 0 Å². The Labute approximate surface area is 112 Å². The lowest BCUT2D eigenvalue weighted by atomic mass is 9.63. The highest BCUT2D eigenvalue weighted by Gasteiger charge is 2.49. The maximum absolute atomic E-state index is 6.09. The minimum absolute atomic E-state index is 0.322. The van der Waals surface area contributed by atoms with Crippen LogP contribution in [-0.4, -0.2) is 24.8 Å². The Hall–Kier alpha value is -0.0800. The lowest BCUT2D eigenvalue weighted by molar-refractivity contribution is -0.158. The zero-order valence-electron chi connectivity index (χ0n) is 12.1. The third-order valence-corrected chi connectivity index (χ3v) is 6.01. The normalized spacial score (nSPS) is 43.0. The van der Waals surface area contributed by atoms with Crippen molar-refractivity contribution in [2.45, 2.75) is 76.9 Å². The standard InChI is InChI=1S/C16H29NO/c1-3-17-14-5-9-15(2,12-14)13-6-10-18-16(11-13)7-4-8-16/h13-14,17H,3-12H2,1-2H3. The van der Waals surface area contributed by atoms with Crippen LogP contribution in [-0.2, 0) is 4.74 Å². The van der Waals surface area contributed by atoms with Gasteiger partial charge in [0.2, 0.25) is 0 Å². The van der Waals surface area contributed by atoms with Crippen molar-refractivity contribution < 1.29 is 4.74 Å². The highest BCUT2D eigenvalue weighted by molar-refractivity contribution is 5.01. The van der Waals surface area contributed by atoms with Gasteiger partial charge >= 0.3 is 0 Å². The lowest BCUT2D eigenvalue weighted by Gasteiger charge is -2.51. The summed E-state index contributed by atoms with van der Waals surface area (Å²) in [7, 11) is 0. The quantitative estimate of drug-likeness (QED) is 0.829. The van der Waals surface area contributed by atoms with E-state index in [4.69, 9.17) is 4.74 Å². The maximum Gasteiger partial charge on any atom is 0.0685 e. The van der Waals surface area contributed by atoms with Gasteiger partial charge in [-0.25, -0.2) is 0 Å². The second-order valence-corrected chi connectivity index (χ2v) is 7.23. The van der Waals surface area contributed by atoms with E-state index in [1.165, 1.54) is 51.4 Å². The Kier molecular flexibility index (Phi) is 3.44. The van der Waals surface area contributed by atoms with Crippen molar-refractivity contribution in [1.29, 1.82) is 0 Å². The molecule has 0 aromatic heterocycles. The molecule has 0 bridgehead atoms. The molecule has 0 amide bonds. The van der Waals surface area contributed by atoms with Gasteiger partial charge in [-0.3, -0.25) is 0 Å². The van der Waals surface area contributed by atoms with Gasteiger partial charge in [-0.2, -0.15) is 0 Å². The van der Waals surface area contributed by atoms with E-state index in [-0.39, 0.29) is 0 Å². The molecule has 2 nitrogen and oxygen atoms in total. The van der Waals surface area contributed by atoms with E-state index < -0.39 is 0 Å². The first-order valence-corrected chi connectivity index (χ1v) is 8.03. The van der Waals surface area contributed by atoms with E-state index in [9.17, 15) is 0 Å². The molecule has 2 saturated carbocycles. The molecule has 1 aliphatic heterocycles. The molecule has 3 atom stereocenters. The van der Waals surface area contributed by atoms with Gasteiger partial charge in [0.15, 0.2) is 0 Å². The number of rotatable bonds is 3. The molecule has 1 saturated heterocycles. The van der Waals surface area contributed by atoms with Crippen LogP contribution in [0.2, 0.25) is 0 Å². The molecule has 0 aromatic rings. The highest BCUT2D eigenvalue weighted by Crippen LogP contribution is 2.53. The van der Waals surface area contributed by atoms with Gasteiger partial charge in [-0.05, 0) is 69.2 Å². The Morgan fingerprint density at radius 1 is 1.17 bits per heavy atom.